The van der Waals surface area contributed by atoms with Crippen molar-refractivity contribution in [3.8, 4) is 0 Å². The van der Waals surface area contributed by atoms with Crippen molar-refractivity contribution in [2.45, 2.75) is 13.5 Å². The van der Waals surface area contributed by atoms with Gasteiger partial charge in [0.25, 0.3) is 11.6 Å². The lowest BCUT2D eigenvalue weighted by molar-refractivity contribution is -0.385. The first kappa shape index (κ1) is 17.6. The van der Waals surface area contributed by atoms with Crippen LogP contribution in [-0.2, 0) is 11.3 Å². The van der Waals surface area contributed by atoms with Crippen LogP contribution >= 0.6 is 11.6 Å². The van der Waals surface area contributed by atoms with E-state index < -0.39 is 16.9 Å². The number of amides is 3. The van der Waals surface area contributed by atoms with Crippen molar-refractivity contribution in [1.29, 1.82) is 0 Å². The van der Waals surface area contributed by atoms with E-state index in [9.17, 15) is 19.7 Å². The minimum Gasteiger partial charge on any atom is -0.303 e. The summed E-state index contributed by atoms with van der Waals surface area (Å²) in [6.45, 7) is 1.73. The number of carbonyl (C=O) groups excluding carboxylic acids is 2. The van der Waals surface area contributed by atoms with Gasteiger partial charge >= 0.3 is 6.03 Å². The number of hydrogen-bond acceptors (Lipinski definition) is 4. The van der Waals surface area contributed by atoms with Crippen LogP contribution in [0.4, 0.5) is 10.5 Å². The van der Waals surface area contributed by atoms with E-state index in [4.69, 9.17) is 11.6 Å². The molecular formula is C18H14ClN3O4. The molecule has 0 radical (unpaired) electrons. The second kappa shape index (κ2) is 6.97. The Kier molecular flexibility index (Phi) is 4.73. The molecule has 3 amide bonds. The maximum atomic E-state index is 12.5. The summed E-state index contributed by atoms with van der Waals surface area (Å²) in [6.07, 6.45) is 1.43. The Morgan fingerprint density at radius 2 is 1.88 bits per heavy atom. The summed E-state index contributed by atoms with van der Waals surface area (Å²) < 4.78 is 0. The Balaban J connectivity index is 1.84. The summed E-state index contributed by atoms with van der Waals surface area (Å²) in [5, 5.41) is 14.1. The predicted octanol–water partition coefficient (Wildman–Crippen LogP) is 3.65. The number of urea groups is 1. The SMILES string of the molecule is Cc1ccc(/C=C2/NC(=O)N(Cc3ccc(Cl)cc3)C2=O)cc1[N+](=O)[O-]. The summed E-state index contributed by atoms with van der Waals surface area (Å²) in [5.74, 6) is -0.492. The van der Waals surface area contributed by atoms with Gasteiger partial charge in [-0.15, -0.1) is 0 Å². The summed E-state index contributed by atoms with van der Waals surface area (Å²) in [4.78, 5) is 36.2. The molecule has 0 aliphatic carbocycles. The molecule has 1 aliphatic heterocycles. The van der Waals surface area contributed by atoms with E-state index in [1.165, 1.54) is 12.1 Å². The van der Waals surface area contributed by atoms with Crippen molar-refractivity contribution in [2.75, 3.05) is 0 Å². The van der Waals surface area contributed by atoms with Gasteiger partial charge in [-0.25, -0.2) is 4.79 Å². The third-order valence-corrected chi connectivity index (χ3v) is 4.21. The molecule has 3 rings (SSSR count). The van der Waals surface area contributed by atoms with Crippen LogP contribution in [0.1, 0.15) is 16.7 Å². The zero-order chi connectivity index (χ0) is 18.8. The van der Waals surface area contributed by atoms with E-state index in [1.54, 1.807) is 43.3 Å². The fraction of sp³-hybridized carbons (Fsp3) is 0.111. The highest BCUT2D eigenvalue weighted by Crippen LogP contribution is 2.22. The molecule has 8 heteroatoms. The van der Waals surface area contributed by atoms with Crippen LogP contribution in [0.15, 0.2) is 48.2 Å². The number of carbonyl (C=O) groups is 2. The fourth-order valence-electron chi connectivity index (χ4n) is 2.57. The number of rotatable bonds is 4. The Bertz CT molecular complexity index is 938. The van der Waals surface area contributed by atoms with Crippen molar-refractivity contribution in [3.63, 3.8) is 0 Å². The molecule has 0 bridgehead atoms. The van der Waals surface area contributed by atoms with Gasteiger partial charge < -0.3 is 5.32 Å². The minimum absolute atomic E-state index is 0.0471. The van der Waals surface area contributed by atoms with Crippen LogP contribution < -0.4 is 5.32 Å². The van der Waals surface area contributed by atoms with E-state index in [1.807, 2.05) is 0 Å². The van der Waals surface area contributed by atoms with Gasteiger partial charge in [-0.05, 0) is 36.3 Å². The summed E-state index contributed by atoms with van der Waals surface area (Å²) in [6, 6.07) is 10.9. The zero-order valence-electron chi connectivity index (χ0n) is 13.7. The Labute approximate surface area is 154 Å². The van der Waals surface area contributed by atoms with Crippen molar-refractivity contribution < 1.29 is 14.5 Å². The smallest absolute Gasteiger partial charge is 0.303 e. The van der Waals surface area contributed by atoms with Crippen LogP contribution in [0.3, 0.4) is 0 Å². The molecule has 0 aromatic heterocycles. The number of nitrogens with zero attached hydrogens (tertiary/aromatic N) is 2. The quantitative estimate of drug-likeness (QED) is 0.384. The van der Waals surface area contributed by atoms with E-state index >= 15 is 0 Å². The van der Waals surface area contributed by atoms with E-state index in [0.717, 1.165) is 10.5 Å². The van der Waals surface area contributed by atoms with Gasteiger partial charge in [-0.2, -0.15) is 0 Å². The molecular weight excluding hydrogens is 358 g/mol. The summed E-state index contributed by atoms with van der Waals surface area (Å²) in [7, 11) is 0. The van der Waals surface area contributed by atoms with Gasteiger partial charge in [0.1, 0.15) is 5.70 Å². The molecule has 26 heavy (non-hydrogen) atoms. The van der Waals surface area contributed by atoms with Gasteiger partial charge in [-0.3, -0.25) is 19.8 Å². The topological polar surface area (TPSA) is 92.6 Å². The molecule has 0 unspecified atom stereocenters. The first-order chi connectivity index (χ1) is 12.3. The summed E-state index contributed by atoms with van der Waals surface area (Å²) in [5.41, 5.74) is 1.75. The molecule has 2 aromatic carbocycles. The van der Waals surface area contributed by atoms with Crippen LogP contribution in [0, 0.1) is 17.0 Å². The maximum Gasteiger partial charge on any atom is 0.329 e. The third kappa shape index (κ3) is 3.57. The molecule has 7 nitrogen and oxygen atoms in total. The Morgan fingerprint density at radius 3 is 2.54 bits per heavy atom. The normalized spacial score (nSPS) is 15.5. The van der Waals surface area contributed by atoms with Crippen LogP contribution in [0.2, 0.25) is 5.02 Å². The van der Waals surface area contributed by atoms with Gasteiger partial charge in [-0.1, -0.05) is 35.9 Å². The largest absolute Gasteiger partial charge is 0.329 e. The van der Waals surface area contributed by atoms with Gasteiger partial charge in [0, 0.05) is 16.7 Å². The first-order valence-electron chi connectivity index (χ1n) is 7.69. The van der Waals surface area contributed by atoms with E-state index in [2.05, 4.69) is 5.32 Å². The lowest BCUT2D eigenvalue weighted by atomic mass is 10.1. The molecule has 1 saturated heterocycles. The van der Waals surface area contributed by atoms with Gasteiger partial charge in [0.15, 0.2) is 0 Å². The lowest BCUT2D eigenvalue weighted by Crippen LogP contribution is -2.30. The number of aryl methyl sites for hydroxylation is 1. The van der Waals surface area contributed by atoms with Crippen molar-refractivity contribution >= 4 is 35.3 Å². The standard InChI is InChI=1S/C18H14ClN3O4/c1-11-2-3-13(9-16(11)22(25)26)8-15-17(23)21(18(24)20-15)10-12-4-6-14(19)7-5-12/h2-9H,10H2,1H3,(H,20,24)/b15-8+. The number of nitrogens with one attached hydrogen (secondary N) is 1. The van der Waals surface area contributed by atoms with E-state index in [-0.39, 0.29) is 17.9 Å². The molecule has 1 heterocycles. The van der Waals surface area contributed by atoms with Gasteiger partial charge in [0.2, 0.25) is 0 Å². The van der Waals surface area contributed by atoms with Crippen LogP contribution in [0.25, 0.3) is 6.08 Å². The Hall–Kier alpha value is -3.19. The molecule has 1 aliphatic rings. The molecule has 1 fully saturated rings. The van der Waals surface area contributed by atoms with Crippen molar-refractivity contribution in [2.24, 2.45) is 0 Å². The minimum atomic E-state index is -0.544. The number of imide groups is 1. The van der Waals surface area contributed by atoms with Gasteiger partial charge in [0.05, 0.1) is 11.5 Å². The highest BCUT2D eigenvalue weighted by Gasteiger charge is 2.33. The highest BCUT2D eigenvalue weighted by molar-refractivity contribution is 6.30. The second-order valence-corrected chi connectivity index (χ2v) is 6.25. The second-order valence-electron chi connectivity index (χ2n) is 5.81. The predicted molar refractivity (Wildman–Crippen MR) is 96.3 cm³/mol. The van der Waals surface area contributed by atoms with Crippen LogP contribution in [-0.4, -0.2) is 21.8 Å². The molecule has 0 atom stereocenters. The molecule has 2 aromatic rings. The maximum absolute atomic E-state index is 12.5. The monoisotopic (exact) mass is 371 g/mol. The lowest BCUT2D eigenvalue weighted by Gasteiger charge is -2.11. The molecule has 132 valence electrons. The van der Waals surface area contributed by atoms with Crippen molar-refractivity contribution in [3.05, 3.63) is 80.0 Å². The van der Waals surface area contributed by atoms with Crippen LogP contribution in [0.5, 0.6) is 0 Å². The fourth-order valence-corrected chi connectivity index (χ4v) is 2.69. The number of nitro benzene ring substituents is 1. The average Bonchev–Trinajstić information content (AvgIpc) is 2.85. The highest BCUT2D eigenvalue weighted by atomic mass is 35.5. The van der Waals surface area contributed by atoms with E-state index in [0.29, 0.717) is 16.1 Å². The Morgan fingerprint density at radius 1 is 1.19 bits per heavy atom. The third-order valence-electron chi connectivity index (χ3n) is 3.96. The zero-order valence-corrected chi connectivity index (χ0v) is 14.5. The molecule has 0 spiro atoms. The molecule has 0 saturated carbocycles. The number of hydrogen-bond donors (Lipinski definition) is 1. The summed E-state index contributed by atoms with van der Waals surface area (Å²) >= 11 is 5.83. The molecule has 1 N–H and O–H groups in total. The van der Waals surface area contributed by atoms with Crippen molar-refractivity contribution in [1.82, 2.24) is 10.2 Å². The average molecular weight is 372 g/mol. The number of nitro groups is 1. The first-order valence-corrected chi connectivity index (χ1v) is 8.07. The number of benzene rings is 2. The number of halogens is 1.